The van der Waals surface area contributed by atoms with Crippen LogP contribution in [0, 0.1) is 0 Å². The van der Waals surface area contributed by atoms with Crippen molar-refractivity contribution in [3.63, 3.8) is 0 Å². The number of aliphatic imine (C=N–C) groups is 1. The number of hydrogen-bond acceptors (Lipinski definition) is 5. The van der Waals surface area contributed by atoms with Gasteiger partial charge in [0.05, 0.1) is 24.4 Å². The number of carbonyl (C=O) groups excluding carboxylic acids is 2. The Balaban J connectivity index is 2.11. The molecule has 1 fully saturated rings. The second-order valence-electron chi connectivity index (χ2n) is 7.41. The molecule has 0 spiro atoms. The number of ether oxygens (including phenoxy) is 1. The van der Waals surface area contributed by atoms with E-state index in [-0.39, 0.29) is 24.5 Å². The maximum Gasteiger partial charge on any atom is 0.341 e. The number of esters is 1. The van der Waals surface area contributed by atoms with Crippen molar-refractivity contribution in [2.45, 2.75) is 32.7 Å². The van der Waals surface area contributed by atoms with Crippen LogP contribution < -0.4 is 5.32 Å². The maximum atomic E-state index is 12.0. The molecule has 160 valence electrons. The molecule has 1 amide bonds. The lowest BCUT2D eigenvalue weighted by Crippen LogP contribution is -2.48. The van der Waals surface area contributed by atoms with Crippen LogP contribution in [0.1, 0.15) is 43.1 Å². The van der Waals surface area contributed by atoms with Gasteiger partial charge in [0.1, 0.15) is 6.54 Å². The van der Waals surface area contributed by atoms with Crippen LogP contribution in [0.5, 0.6) is 0 Å². The predicted molar refractivity (Wildman–Crippen MR) is 112 cm³/mol. The van der Waals surface area contributed by atoms with Crippen molar-refractivity contribution in [2.24, 2.45) is 4.99 Å². The van der Waals surface area contributed by atoms with Gasteiger partial charge in [-0.15, -0.1) is 0 Å². The SMILES string of the molecule is C=C(C)CNC(=NCC(=O)N(C)C)N1CCCC(n2cc(C(=O)OCC)cn2)C1. The summed E-state index contributed by atoms with van der Waals surface area (Å²) >= 11 is 0. The van der Waals surface area contributed by atoms with Crippen LogP contribution in [-0.2, 0) is 9.53 Å². The molecule has 2 rings (SSSR count). The van der Waals surface area contributed by atoms with E-state index in [9.17, 15) is 9.59 Å². The molecule has 9 heteroatoms. The number of nitrogens with one attached hydrogen (secondary N) is 1. The Hall–Kier alpha value is -2.84. The van der Waals surface area contributed by atoms with E-state index in [2.05, 4.69) is 26.9 Å². The molecule has 0 saturated carbocycles. The molecule has 1 aliphatic rings. The molecule has 1 aromatic rings. The van der Waals surface area contributed by atoms with Crippen molar-refractivity contribution in [2.75, 3.05) is 46.9 Å². The number of amides is 1. The Morgan fingerprint density at radius 3 is 2.86 bits per heavy atom. The van der Waals surface area contributed by atoms with E-state index in [1.807, 2.05) is 11.6 Å². The first-order valence-corrected chi connectivity index (χ1v) is 9.90. The summed E-state index contributed by atoms with van der Waals surface area (Å²) in [7, 11) is 3.43. The summed E-state index contributed by atoms with van der Waals surface area (Å²) in [4.78, 5) is 32.1. The summed E-state index contributed by atoms with van der Waals surface area (Å²) < 4.78 is 6.86. The lowest BCUT2D eigenvalue weighted by Gasteiger charge is -2.35. The fraction of sp³-hybridized carbons (Fsp3) is 0.600. The van der Waals surface area contributed by atoms with Crippen LogP contribution in [0.15, 0.2) is 29.5 Å². The molecule has 1 atom stereocenters. The summed E-state index contributed by atoms with van der Waals surface area (Å²) in [5.41, 5.74) is 1.44. The van der Waals surface area contributed by atoms with Gasteiger partial charge in [-0.25, -0.2) is 9.79 Å². The van der Waals surface area contributed by atoms with Crippen LogP contribution >= 0.6 is 0 Å². The molecule has 1 unspecified atom stereocenters. The molecular formula is C20H32N6O3. The number of likely N-dealkylation sites (tertiary alicyclic amines) is 1. The Kier molecular flexibility index (Phi) is 8.23. The summed E-state index contributed by atoms with van der Waals surface area (Å²) in [6.45, 7) is 10.2. The molecule has 0 radical (unpaired) electrons. The summed E-state index contributed by atoms with van der Waals surface area (Å²) in [6, 6.07) is 0.105. The van der Waals surface area contributed by atoms with E-state index < -0.39 is 0 Å². The monoisotopic (exact) mass is 404 g/mol. The van der Waals surface area contributed by atoms with Gasteiger partial charge in [-0.05, 0) is 26.7 Å². The number of nitrogens with zero attached hydrogens (tertiary/aromatic N) is 5. The maximum absolute atomic E-state index is 12.0. The zero-order valence-electron chi connectivity index (χ0n) is 17.8. The van der Waals surface area contributed by atoms with E-state index >= 15 is 0 Å². The molecule has 1 aromatic heterocycles. The highest BCUT2D eigenvalue weighted by Gasteiger charge is 2.25. The minimum Gasteiger partial charge on any atom is -0.462 e. The van der Waals surface area contributed by atoms with Gasteiger partial charge in [-0.3, -0.25) is 9.48 Å². The molecular weight excluding hydrogens is 372 g/mol. The second kappa shape index (κ2) is 10.6. The van der Waals surface area contributed by atoms with E-state index in [0.717, 1.165) is 25.0 Å². The molecule has 0 aromatic carbocycles. The van der Waals surface area contributed by atoms with E-state index in [4.69, 9.17) is 4.74 Å². The molecule has 2 heterocycles. The van der Waals surface area contributed by atoms with Crippen molar-refractivity contribution in [3.05, 3.63) is 30.1 Å². The summed E-state index contributed by atoms with van der Waals surface area (Å²) in [5.74, 6) is 0.268. The lowest BCUT2D eigenvalue weighted by molar-refractivity contribution is -0.127. The van der Waals surface area contributed by atoms with Gasteiger partial charge in [0.15, 0.2) is 5.96 Å². The average Bonchev–Trinajstić information content (AvgIpc) is 3.18. The number of aromatic nitrogens is 2. The zero-order chi connectivity index (χ0) is 21.4. The zero-order valence-corrected chi connectivity index (χ0v) is 17.8. The predicted octanol–water partition coefficient (Wildman–Crippen LogP) is 1.31. The normalized spacial score (nSPS) is 17.0. The highest BCUT2D eigenvalue weighted by Crippen LogP contribution is 2.21. The quantitative estimate of drug-likeness (QED) is 0.319. The highest BCUT2D eigenvalue weighted by molar-refractivity contribution is 5.88. The molecule has 1 saturated heterocycles. The first-order valence-electron chi connectivity index (χ1n) is 9.90. The van der Waals surface area contributed by atoms with Gasteiger partial charge in [-0.1, -0.05) is 12.2 Å². The van der Waals surface area contributed by atoms with Crippen LogP contribution in [0.25, 0.3) is 0 Å². The number of rotatable bonds is 7. The molecule has 0 bridgehead atoms. The van der Waals surface area contributed by atoms with Crippen molar-refractivity contribution < 1.29 is 14.3 Å². The Labute approximate surface area is 172 Å². The largest absolute Gasteiger partial charge is 0.462 e. The number of piperidine rings is 1. The molecule has 1 N–H and O–H groups in total. The number of guanidine groups is 1. The van der Waals surface area contributed by atoms with Crippen LogP contribution in [-0.4, -0.2) is 84.3 Å². The van der Waals surface area contributed by atoms with Crippen molar-refractivity contribution >= 4 is 17.8 Å². The van der Waals surface area contributed by atoms with Gasteiger partial charge in [-0.2, -0.15) is 5.10 Å². The molecule has 1 aliphatic heterocycles. The third-order valence-electron chi connectivity index (χ3n) is 4.59. The molecule has 0 aliphatic carbocycles. The minimum absolute atomic E-state index is 0.0562. The highest BCUT2D eigenvalue weighted by atomic mass is 16.5. The minimum atomic E-state index is -0.362. The van der Waals surface area contributed by atoms with Crippen molar-refractivity contribution in [1.29, 1.82) is 0 Å². The number of likely N-dealkylation sites (N-methyl/N-ethyl adjacent to an activating group) is 1. The fourth-order valence-corrected chi connectivity index (χ4v) is 3.00. The number of hydrogen-bond donors (Lipinski definition) is 1. The first-order chi connectivity index (χ1) is 13.8. The standard InChI is InChI=1S/C20H32N6O3/c1-6-29-19(28)16-11-23-26(13-16)17-8-7-9-25(14-17)20(21-10-15(2)3)22-12-18(27)24(4)5/h11,13,17H,2,6-10,12,14H2,1,3-5H3,(H,21,22). The van der Waals surface area contributed by atoms with Crippen molar-refractivity contribution in [3.8, 4) is 0 Å². The first kappa shape index (κ1) is 22.4. The Bertz CT molecular complexity index is 755. The number of carbonyl (C=O) groups is 2. The summed E-state index contributed by atoms with van der Waals surface area (Å²) in [5, 5.41) is 7.66. The summed E-state index contributed by atoms with van der Waals surface area (Å²) in [6.07, 6.45) is 5.18. The van der Waals surface area contributed by atoms with Gasteiger partial charge < -0.3 is 19.9 Å². The molecule has 9 nitrogen and oxygen atoms in total. The topological polar surface area (TPSA) is 92.1 Å². The van der Waals surface area contributed by atoms with Gasteiger partial charge in [0.2, 0.25) is 5.91 Å². The van der Waals surface area contributed by atoms with Gasteiger partial charge in [0, 0.05) is 39.9 Å². The van der Waals surface area contributed by atoms with Crippen LogP contribution in [0.3, 0.4) is 0 Å². The van der Waals surface area contributed by atoms with E-state index in [1.54, 1.807) is 33.4 Å². The second-order valence-corrected chi connectivity index (χ2v) is 7.41. The lowest BCUT2D eigenvalue weighted by atomic mass is 10.1. The molecule has 29 heavy (non-hydrogen) atoms. The van der Waals surface area contributed by atoms with E-state index in [1.165, 1.54) is 4.90 Å². The van der Waals surface area contributed by atoms with Crippen molar-refractivity contribution in [1.82, 2.24) is 24.9 Å². The Morgan fingerprint density at radius 2 is 2.21 bits per heavy atom. The van der Waals surface area contributed by atoms with Crippen LogP contribution in [0.2, 0.25) is 0 Å². The average molecular weight is 405 g/mol. The van der Waals surface area contributed by atoms with Gasteiger partial charge in [0.25, 0.3) is 0 Å². The third kappa shape index (κ3) is 6.62. The van der Waals surface area contributed by atoms with Crippen LogP contribution in [0.4, 0.5) is 0 Å². The Morgan fingerprint density at radius 1 is 1.45 bits per heavy atom. The fourth-order valence-electron chi connectivity index (χ4n) is 3.00. The van der Waals surface area contributed by atoms with Gasteiger partial charge >= 0.3 is 5.97 Å². The third-order valence-corrected chi connectivity index (χ3v) is 4.59. The smallest absolute Gasteiger partial charge is 0.341 e. The van der Waals surface area contributed by atoms with E-state index in [0.29, 0.717) is 31.2 Å².